The van der Waals surface area contributed by atoms with E-state index >= 15 is 0 Å². The highest BCUT2D eigenvalue weighted by Crippen LogP contribution is 2.47. The topological polar surface area (TPSA) is 51.2 Å². The van der Waals surface area contributed by atoms with Crippen LogP contribution in [0.1, 0.15) is 32.1 Å². The molecular formula is C22H33N5O. The Morgan fingerprint density at radius 1 is 1.04 bits per heavy atom. The number of nitrogens with one attached hydrogen (secondary N) is 1. The lowest BCUT2D eigenvalue weighted by atomic mass is 9.68. The Morgan fingerprint density at radius 3 is 2.39 bits per heavy atom. The van der Waals surface area contributed by atoms with Gasteiger partial charge in [-0.25, -0.2) is 0 Å². The Labute approximate surface area is 168 Å². The van der Waals surface area contributed by atoms with Crippen molar-refractivity contribution in [3.05, 3.63) is 30.3 Å². The molecule has 1 saturated carbocycles. The number of hydrogen-bond acceptors (Lipinski definition) is 3. The van der Waals surface area contributed by atoms with Gasteiger partial charge < -0.3 is 20.0 Å². The molecule has 1 spiro atoms. The minimum absolute atomic E-state index is 0.243. The maximum Gasteiger partial charge on any atom is 0.224 e. The van der Waals surface area contributed by atoms with E-state index in [0.29, 0.717) is 18.4 Å². The number of aliphatic imine (C=N–C) groups is 1. The summed E-state index contributed by atoms with van der Waals surface area (Å²) in [4.78, 5) is 23.8. The lowest BCUT2D eigenvalue weighted by Gasteiger charge is -2.38. The third-order valence-corrected chi connectivity index (χ3v) is 6.74. The molecule has 1 N–H and O–H groups in total. The zero-order valence-corrected chi connectivity index (χ0v) is 17.1. The van der Waals surface area contributed by atoms with Gasteiger partial charge in [-0.2, -0.15) is 0 Å². The quantitative estimate of drug-likeness (QED) is 0.640. The average Bonchev–Trinajstić information content (AvgIpc) is 3.18. The first kappa shape index (κ1) is 19.1. The normalized spacial score (nSPS) is 21.8. The van der Waals surface area contributed by atoms with Crippen LogP contribution in [-0.4, -0.2) is 74.5 Å². The second-order valence-corrected chi connectivity index (χ2v) is 8.45. The first-order valence-corrected chi connectivity index (χ1v) is 10.7. The van der Waals surface area contributed by atoms with Crippen LogP contribution in [0.3, 0.4) is 0 Å². The van der Waals surface area contributed by atoms with Crippen molar-refractivity contribution in [2.24, 2.45) is 10.4 Å². The zero-order chi connectivity index (χ0) is 19.4. The molecule has 152 valence electrons. The summed E-state index contributed by atoms with van der Waals surface area (Å²) in [5.74, 6) is 1.21. The van der Waals surface area contributed by atoms with E-state index in [0.717, 1.165) is 45.2 Å². The number of guanidine groups is 1. The van der Waals surface area contributed by atoms with E-state index in [1.165, 1.54) is 31.4 Å². The molecule has 6 heteroatoms. The van der Waals surface area contributed by atoms with E-state index in [4.69, 9.17) is 0 Å². The summed E-state index contributed by atoms with van der Waals surface area (Å²) in [6.07, 6.45) is 5.94. The van der Waals surface area contributed by atoms with E-state index in [-0.39, 0.29) is 5.91 Å². The fraction of sp³-hybridized carbons (Fsp3) is 0.636. The second-order valence-electron chi connectivity index (χ2n) is 8.45. The number of benzene rings is 1. The van der Waals surface area contributed by atoms with Crippen LogP contribution in [-0.2, 0) is 4.79 Å². The molecular weight excluding hydrogens is 350 g/mol. The third-order valence-electron chi connectivity index (χ3n) is 6.74. The van der Waals surface area contributed by atoms with Gasteiger partial charge in [-0.05, 0) is 36.8 Å². The lowest BCUT2D eigenvalue weighted by Crippen LogP contribution is -2.49. The highest BCUT2D eigenvalue weighted by molar-refractivity contribution is 5.81. The average molecular weight is 384 g/mol. The molecule has 1 aromatic carbocycles. The molecule has 1 aliphatic carbocycles. The third kappa shape index (κ3) is 4.10. The van der Waals surface area contributed by atoms with Gasteiger partial charge in [0, 0.05) is 65.0 Å². The Balaban J connectivity index is 1.18. The van der Waals surface area contributed by atoms with Crippen LogP contribution in [0.2, 0.25) is 0 Å². The number of amides is 1. The molecule has 0 atom stereocenters. The SMILES string of the molecule is CN=C(NCCC(=O)N1CCN(c2ccccc2)CC1)N1CCC2(CCC2)C1. The molecule has 3 aliphatic rings. The van der Waals surface area contributed by atoms with Gasteiger partial charge in [0.1, 0.15) is 0 Å². The van der Waals surface area contributed by atoms with Gasteiger partial charge >= 0.3 is 0 Å². The molecule has 0 radical (unpaired) electrons. The standard InChI is InChI=1S/C22H33N5O/c1-23-21(27-13-11-22(18-27)9-5-10-22)24-12-8-20(28)26-16-14-25(15-17-26)19-6-3-2-4-7-19/h2-4,6-7H,5,8-18H2,1H3,(H,23,24). The summed E-state index contributed by atoms with van der Waals surface area (Å²) < 4.78 is 0. The van der Waals surface area contributed by atoms with E-state index in [2.05, 4.69) is 44.4 Å². The first-order valence-electron chi connectivity index (χ1n) is 10.7. The van der Waals surface area contributed by atoms with Crippen molar-refractivity contribution in [3.8, 4) is 0 Å². The lowest BCUT2D eigenvalue weighted by molar-refractivity contribution is -0.131. The van der Waals surface area contributed by atoms with Crippen LogP contribution < -0.4 is 10.2 Å². The number of rotatable bonds is 4. The van der Waals surface area contributed by atoms with Gasteiger partial charge in [0.25, 0.3) is 0 Å². The Bertz CT molecular complexity index is 692. The molecule has 0 bridgehead atoms. The first-order chi connectivity index (χ1) is 13.7. The molecule has 0 unspecified atom stereocenters. The molecule has 0 aromatic heterocycles. The maximum atomic E-state index is 12.6. The predicted octanol–water partition coefficient (Wildman–Crippen LogP) is 2.18. The Morgan fingerprint density at radius 2 is 1.79 bits per heavy atom. The fourth-order valence-corrected chi connectivity index (χ4v) is 4.83. The second kappa shape index (κ2) is 8.41. The number of para-hydroxylation sites is 1. The van der Waals surface area contributed by atoms with Crippen molar-refractivity contribution in [2.75, 3.05) is 57.8 Å². The van der Waals surface area contributed by atoms with Gasteiger partial charge in [-0.3, -0.25) is 9.79 Å². The van der Waals surface area contributed by atoms with Crippen molar-refractivity contribution in [3.63, 3.8) is 0 Å². The van der Waals surface area contributed by atoms with Crippen molar-refractivity contribution in [2.45, 2.75) is 32.1 Å². The smallest absolute Gasteiger partial charge is 0.224 e. The van der Waals surface area contributed by atoms with Crippen molar-refractivity contribution in [1.82, 2.24) is 15.1 Å². The summed E-state index contributed by atoms with van der Waals surface area (Å²) in [5, 5.41) is 3.42. The molecule has 3 fully saturated rings. The van der Waals surface area contributed by atoms with Gasteiger partial charge in [0.05, 0.1) is 0 Å². The molecule has 4 rings (SSSR count). The summed E-state index contributed by atoms with van der Waals surface area (Å²) in [6, 6.07) is 10.5. The largest absolute Gasteiger partial charge is 0.368 e. The fourth-order valence-electron chi connectivity index (χ4n) is 4.83. The van der Waals surface area contributed by atoms with Gasteiger partial charge in [-0.15, -0.1) is 0 Å². The number of carbonyl (C=O) groups excluding carboxylic acids is 1. The van der Waals surface area contributed by atoms with Crippen LogP contribution in [0.25, 0.3) is 0 Å². The van der Waals surface area contributed by atoms with E-state index < -0.39 is 0 Å². The monoisotopic (exact) mass is 383 g/mol. The molecule has 1 amide bonds. The van der Waals surface area contributed by atoms with Crippen LogP contribution in [0.4, 0.5) is 5.69 Å². The summed E-state index contributed by atoms with van der Waals surface area (Å²) in [7, 11) is 1.85. The highest BCUT2D eigenvalue weighted by atomic mass is 16.2. The minimum atomic E-state index is 0.243. The summed E-state index contributed by atoms with van der Waals surface area (Å²) in [6.45, 7) is 6.29. The van der Waals surface area contributed by atoms with Gasteiger partial charge in [0.15, 0.2) is 5.96 Å². The molecule has 1 aromatic rings. The highest BCUT2D eigenvalue weighted by Gasteiger charge is 2.43. The van der Waals surface area contributed by atoms with Gasteiger partial charge in [-0.1, -0.05) is 24.6 Å². The maximum absolute atomic E-state index is 12.6. The van der Waals surface area contributed by atoms with Crippen LogP contribution in [0.15, 0.2) is 35.3 Å². The number of nitrogens with zero attached hydrogens (tertiary/aromatic N) is 4. The zero-order valence-electron chi connectivity index (χ0n) is 17.1. The number of piperazine rings is 1. The van der Waals surface area contributed by atoms with Crippen molar-refractivity contribution >= 4 is 17.6 Å². The van der Waals surface area contributed by atoms with E-state index in [1.807, 2.05) is 18.0 Å². The van der Waals surface area contributed by atoms with Crippen LogP contribution in [0, 0.1) is 5.41 Å². The molecule has 2 heterocycles. The van der Waals surface area contributed by atoms with Crippen LogP contribution in [0.5, 0.6) is 0 Å². The van der Waals surface area contributed by atoms with E-state index in [9.17, 15) is 4.79 Å². The minimum Gasteiger partial charge on any atom is -0.368 e. The van der Waals surface area contributed by atoms with Crippen molar-refractivity contribution in [1.29, 1.82) is 0 Å². The molecule has 28 heavy (non-hydrogen) atoms. The number of anilines is 1. The molecule has 2 aliphatic heterocycles. The van der Waals surface area contributed by atoms with Crippen molar-refractivity contribution < 1.29 is 4.79 Å². The molecule has 2 saturated heterocycles. The number of carbonyl (C=O) groups is 1. The summed E-state index contributed by atoms with van der Waals surface area (Å²) >= 11 is 0. The summed E-state index contributed by atoms with van der Waals surface area (Å²) in [5.41, 5.74) is 1.81. The Kier molecular flexibility index (Phi) is 5.74. The number of likely N-dealkylation sites (tertiary alicyclic amines) is 1. The number of hydrogen-bond donors (Lipinski definition) is 1. The van der Waals surface area contributed by atoms with E-state index in [1.54, 1.807) is 0 Å². The van der Waals surface area contributed by atoms with Gasteiger partial charge in [0.2, 0.25) is 5.91 Å². The van der Waals surface area contributed by atoms with Crippen LogP contribution >= 0.6 is 0 Å². The Hall–Kier alpha value is -2.24. The predicted molar refractivity (Wildman–Crippen MR) is 114 cm³/mol. The molecule has 6 nitrogen and oxygen atoms in total.